The maximum atomic E-state index is 11.5. The number of aryl methyl sites for hydroxylation is 2. The highest BCUT2D eigenvalue weighted by atomic mass is 16.1. The summed E-state index contributed by atoms with van der Waals surface area (Å²) in [5.41, 5.74) is 3.37. The maximum absolute atomic E-state index is 11.5. The van der Waals surface area contributed by atoms with E-state index in [9.17, 15) is 4.79 Å². The van der Waals surface area contributed by atoms with Gasteiger partial charge in [-0.15, -0.1) is 0 Å². The van der Waals surface area contributed by atoms with Crippen molar-refractivity contribution in [1.82, 2.24) is 10.6 Å². The van der Waals surface area contributed by atoms with E-state index in [1.165, 1.54) is 0 Å². The van der Waals surface area contributed by atoms with Crippen molar-refractivity contribution in [2.24, 2.45) is 0 Å². The molecule has 4 heteroatoms. The van der Waals surface area contributed by atoms with Gasteiger partial charge in [0.25, 0.3) is 0 Å². The fourth-order valence-electron chi connectivity index (χ4n) is 1.65. The molecule has 0 saturated carbocycles. The summed E-state index contributed by atoms with van der Waals surface area (Å²) in [4.78, 5) is 11.5. The minimum absolute atomic E-state index is 0.0166. The quantitative estimate of drug-likeness (QED) is 0.646. The second kappa shape index (κ2) is 6.91. The molecule has 4 nitrogen and oxygen atoms in total. The lowest BCUT2D eigenvalue weighted by Gasteiger charge is -2.12. The van der Waals surface area contributed by atoms with Crippen molar-refractivity contribution in [3.63, 3.8) is 0 Å². The Balaban J connectivity index is 2.42. The molecule has 0 aliphatic carbocycles. The lowest BCUT2D eigenvalue weighted by Crippen LogP contribution is -2.34. The molecule has 0 bridgehead atoms. The monoisotopic (exact) mass is 235 g/mol. The highest BCUT2D eigenvalue weighted by Crippen LogP contribution is 2.18. The average molecular weight is 235 g/mol. The normalized spacial score (nSPS) is 10.1. The number of benzene rings is 1. The van der Waals surface area contributed by atoms with Crippen LogP contribution in [0.25, 0.3) is 0 Å². The minimum Gasteiger partial charge on any atom is -0.376 e. The summed E-state index contributed by atoms with van der Waals surface area (Å²) in [6, 6.07) is 6.09. The molecule has 0 atom stereocenters. The molecule has 0 unspecified atom stereocenters. The molecule has 3 N–H and O–H groups in total. The predicted octanol–water partition coefficient (Wildman–Crippen LogP) is 1.05. The summed E-state index contributed by atoms with van der Waals surface area (Å²) >= 11 is 0. The van der Waals surface area contributed by atoms with Crippen LogP contribution < -0.4 is 16.0 Å². The Morgan fingerprint density at radius 2 is 1.82 bits per heavy atom. The van der Waals surface area contributed by atoms with Crippen molar-refractivity contribution in [3.05, 3.63) is 29.3 Å². The van der Waals surface area contributed by atoms with Crippen LogP contribution in [0.5, 0.6) is 0 Å². The zero-order valence-corrected chi connectivity index (χ0v) is 10.8. The molecule has 1 amide bonds. The molecule has 17 heavy (non-hydrogen) atoms. The summed E-state index contributed by atoms with van der Waals surface area (Å²) in [6.45, 7) is 5.83. The van der Waals surface area contributed by atoms with E-state index >= 15 is 0 Å². The van der Waals surface area contributed by atoms with Gasteiger partial charge >= 0.3 is 0 Å². The zero-order chi connectivity index (χ0) is 12.7. The standard InChI is InChI=1S/C13H21N3O/c1-10-5-4-6-11(2)13(10)16-9-12(17)15-8-7-14-3/h4-6,14,16H,7-9H2,1-3H3,(H,15,17). The largest absolute Gasteiger partial charge is 0.376 e. The number of nitrogens with one attached hydrogen (secondary N) is 3. The lowest BCUT2D eigenvalue weighted by molar-refractivity contribution is -0.119. The minimum atomic E-state index is 0.0166. The molecule has 0 saturated heterocycles. The van der Waals surface area contributed by atoms with E-state index in [2.05, 4.69) is 16.0 Å². The molecule has 94 valence electrons. The first kappa shape index (κ1) is 13.5. The van der Waals surface area contributed by atoms with Crippen LogP contribution in [0.3, 0.4) is 0 Å². The van der Waals surface area contributed by atoms with Gasteiger partial charge in [0, 0.05) is 18.8 Å². The van der Waals surface area contributed by atoms with Gasteiger partial charge in [-0.05, 0) is 32.0 Å². The molecule has 0 spiro atoms. The molecule has 0 heterocycles. The van der Waals surface area contributed by atoms with E-state index in [0.717, 1.165) is 23.4 Å². The summed E-state index contributed by atoms with van der Waals surface area (Å²) < 4.78 is 0. The number of carbonyl (C=O) groups is 1. The third-order valence-corrected chi connectivity index (χ3v) is 2.60. The Bertz CT molecular complexity index is 357. The molecular weight excluding hydrogens is 214 g/mol. The van der Waals surface area contributed by atoms with E-state index in [4.69, 9.17) is 0 Å². The van der Waals surface area contributed by atoms with Crippen molar-refractivity contribution >= 4 is 11.6 Å². The van der Waals surface area contributed by atoms with Crippen LogP contribution in [-0.4, -0.2) is 32.6 Å². The lowest BCUT2D eigenvalue weighted by atomic mass is 10.1. The topological polar surface area (TPSA) is 53.2 Å². The van der Waals surface area contributed by atoms with Crippen LogP contribution >= 0.6 is 0 Å². The summed E-state index contributed by atoms with van der Waals surface area (Å²) in [5.74, 6) is 0.0166. The summed E-state index contributed by atoms with van der Waals surface area (Å²) in [6.07, 6.45) is 0. The Morgan fingerprint density at radius 3 is 2.41 bits per heavy atom. The summed E-state index contributed by atoms with van der Waals surface area (Å²) in [5, 5.41) is 8.98. The Hall–Kier alpha value is -1.55. The Kier molecular flexibility index (Phi) is 5.49. The van der Waals surface area contributed by atoms with E-state index in [0.29, 0.717) is 13.1 Å². The SMILES string of the molecule is CNCCNC(=O)CNc1c(C)cccc1C. The van der Waals surface area contributed by atoms with Gasteiger partial charge in [-0.1, -0.05) is 18.2 Å². The average Bonchev–Trinajstić information content (AvgIpc) is 2.29. The van der Waals surface area contributed by atoms with Crippen molar-refractivity contribution < 1.29 is 4.79 Å². The van der Waals surface area contributed by atoms with E-state index in [1.807, 2.05) is 39.1 Å². The van der Waals surface area contributed by atoms with E-state index in [1.54, 1.807) is 0 Å². The number of rotatable bonds is 6. The molecule has 1 aromatic carbocycles. The number of hydrogen-bond donors (Lipinski definition) is 3. The van der Waals surface area contributed by atoms with Gasteiger partial charge in [-0.25, -0.2) is 0 Å². The number of hydrogen-bond acceptors (Lipinski definition) is 3. The highest BCUT2D eigenvalue weighted by molar-refractivity contribution is 5.81. The fourth-order valence-corrected chi connectivity index (χ4v) is 1.65. The molecular formula is C13H21N3O. The number of carbonyl (C=O) groups excluding carboxylic acids is 1. The highest BCUT2D eigenvalue weighted by Gasteiger charge is 2.04. The Morgan fingerprint density at radius 1 is 1.18 bits per heavy atom. The van der Waals surface area contributed by atoms with Crippen LogP contribution in [0.2, 0.25) is 0 Å². The van der Waals surface area contributed by atoms with Gasteiger partial charge in [0.05, 0.1) is 6.54 Å². The molecule has 0 fully saturated rings. The summed E-state index contributed by atoms with van der Waals surface area (Å²) in [7, 11) is 1.86. The second-order valence-electron chi connectivity index (χ2n) is 4.07. The zero-order valence-electron chi connectivity index (χ0n) is 10.8. The maximum Gasteiger partial charge on any atom is 0.239 e. The van der Waals surface area contributed by atoms with Crippen LogP contribution in [-0.2, 0) is 4.79 Å². The van der Waals surface area contributed by atoms with Crippen LogP contribution in [0.4, 0.5) is 5.69 Å². The van der Waals surface area contributed by atoms with Gasteiger partial charge in [-0.2, -0.15) is 0 Å². The van der Waals surface area contributed by atoms with Crippen molar-refractivity contribution in [3.8, 4) is 0 Å². The first-order valence-electron chi connectivity index (χ1n) is 5.86. The van der Waals surface area contributed by atoms with Crippen molar-refractivity contribution in [2.75, 3.05) is 32.0 Å². The van der Waals surface area contributed by atoms with Crippen molar-refractivity contribution in [2.45, 2.75) is 13.8 Å². The number of amides is 1. The van der Waals surface area contributed by atoms with Gasteiger partial charge in [0.15, 0.2) is 0 Å². The third-order valence-electron chi connectivity index (χ3n) is 2.60. The van der Waals surface area contributed by atoms with E-state index in [-0.39, 0.29) is 5.91 Å². The van der Waals surface area contributed by atoms with Gasteiger partial charge in [-0.3, -0.25) is 4.79 Å². The fraction of sp³-hybridized carbons (Fsp3) is 0.462. The number of para-hydroxylation sites is 1. The molecule has 0 radical (unpaired) electrons. The van der Waals surface area contributed by atoms with Gasteiger partial charge in [0.1, 0.15) is 0 Å². The van der Waals surface area contributed by atoms with Gasteiger partial charge in [0.2, 0.25) is 5.91 Å². The Labute approximate surface area is 103 Å². The van der Waals surface area contributed by atoms with Gasteiger partial charge < -0.3 is 16.0 Å². The van der Waals surface area contributed by atoms with Crippen LogP contribution in [0.15, 0.2) is 18.2 Å². The second-order valence-corrected chi connectivity index (χ2v) is 4.07. The first-order valence-corrected chi connectivity index (χ1v) is 5.86. The van der Waals surface area contributed by atoms with Crippen LogP contribution in [0, 0.1) is 13.8 Å². The first-order chi connectivity index (χ1) is 8.15. The van der Waals surface area contributed by atoms with Crippen molar-refractivity contribution in [1.29, 1.82) is 0 Å². The molecule has 0 aliphatic heterocycles. The third kappa shape index (κ3) is 4.44. The van der Waals surface area contributed by atoms with E-state index < -0.39 is 0 Å². The predicted molar refractivity (Wildman–Crippen MR) is 71.3 cm³/mol. The van der Waals surface area contributed by atoms with Crippen LogP contribution in [0.1, 0.15) is 11.1 Å². The number of anilines is 1. The molecule has 0 aliphatic rings. The molecule has 1 rings (SSSR count). The number of likely N-dealkylation sites (N-methyl/N-ethyl adjacent to an activating group) is 1. The smallest absolute Gasteiger partial charge is 0.239 e. The molecule has 0 aromatic heterocycles. The molecule has 1 aromatic rings.